The van der Waals surface area contributed by atoms with Gasteiger partial charge in [0.15, 0.2) is 5.69 Å². The minimum Gasteiger partial charge on any atom is -0.477 e. The lowest BCUT2D eigenvalue weighted by atomic mass is 10.0. The Balaban J connectivity index is 2.32. The molecule has 0 radical (unpaired) electrons. The van der Waals surface area contributed by atoms with Gasteiger partial charge in [-0.25, -0.2) is 14.8 Å². The third kappa shape index (κ3) is 3.16. The van der Waals surface area contributed by atoms with Crippen molar-refractivity contribution in [3.63, 3.8) is 0 Å². The Kier molecular flexibility index (Phi) is 3.60. The molecule has 2 aromatic rings. The Labute approximate surface area is 112 Å². The Morgan fingerprint density at radius 1 is 1.11 bits per heavy atom. The summed E-state index contributed by atoms with van der Waals surface area (Å²) in [5, 5.41) is 8.99. The molecule has 0 atom stereocenters. The maximum atomic E-state index is 11.0. The highest BCUT2D eigenvalue weighted by Crippen LogP contribution is 2.13. The first-order valence-corrected chi connectivity index (χ1v) is 6.09. The number of carboxylic acid groups (broad SMARTS) is 1. The lowest BCUT2D eigenvalue weighted by molar-refractivity contribution is 0.0689. The number of rotatable bonds is 3. The maximum absolute atomic E-state index is 11.0. The molecule has 0 bridgehead atoms. The normalized spacial score (nSPS) is 10.5. The molecule has 0 saturated heterocycles. The van der Waals surface area contributed by atoms with Crippen LogP contribution in [0.1, 0.15) is 38.7 Å². The van der Waals surface area contributed by atoms with Crippen molar-refractivity contribution in [1.29, 1.82) is 0 Å². The molecule has 0 unspecified atom stereocenters. The van der Waals surface area contributed by atoms with Crippen molar-refractivity contribution < 1.29 is 9.90 Å². The van der Waals surface area contributed by atoms with Crippen molar-refractivity contribution in [2.45, 2.75) is 27.2 Å². The van der Waals surface area contributed by atoms with Crippen LogP contribution in [0.4, 0.5) is 0 Å². The van der Waals surface area contributed by atoms with Gasteiger partial charge in [0, 0.05) is 12.1 Å². The molecule has 1 heterocycles. The fraction of sp³-hybridized carbons (Fsp3) is 0.267. The standard InChI is InChI=1S/C15H16N2O2/c1-9-4-5-12(6-10(9)2)8-14-16-11(3)7-13(17-14)15(18)19/h4-7H,8H2,1-3H3,(H,18,19). The molecule has 1 aromatic heterocycles. The first-order chi connectivity index (χ1) is 8.95. The molecule has 0 fully saturated rings. The second-order valence-corrected chi connectivity index (χ2v) is 4.71. The highest BCUT2D eigenvalue weighted by molar-refractivity contribution is 5.85. The van der Waals surface area contributed by atoms with Crippen LogP contribution in [-0.2, 0) is 6.42 Å². The van der Waals surface area contributed by atoms with E-state index in [-0.39, 0.29) is 5.69 Å². The molecular weight excluding hydrogens is 240 g/mol. The number of carbonyl (C=O) groups is 1. The van der Waals surface area contributed by atoms with Crippen LogP contribution in [0, 0.1) is 20.8 Å². The second-order valence-electron chi connectivity index (χ2n) is 4.71. The molecule has 2 rings (SSSR count). The smallest absolute Gasteiger partial charge is 0.354 e. The van der Waals surface area contributed by atoms with E-state index in [2.05, 4.69) is 35.9 Å². The second kappa shape index (κ2) is 5.18. The first kappa shape index (κ1) is 13.2. The highest BCUT2D eigenvalue weighted by Gasteiger charge is 2.09. The van der Waals surface area contributed by atoms with Crippen molar-refractivity contribution in [2.24, 2.45) is 0 Å². The van der Waals surface area contributed by atoms with E-state index in [0.717, 1.165) is 5.56 Å². The Hall–Kier alpha value is -2.23. The number of aromatic nitrogens is 2. The summed E-state index contributed by atoms with van der Waals surface area (Å²) in [4.78, 5) is 19.3. The lowest BCUT2D eigenvalue weighted by Crippen LogP contribution is -2.07. The number of aromatic carboxylic acids is 1. The van der Waals surface area contributed by atoms with Gasteiger partial charge in [0.1, 0.15) is 5.82 Å². The summed E-state index contributed by atoms with van der Waals surface area (Å²) in [6.07, 6.45) is 0.545. The fourth-order valence-electron chi connectivity index (χ4n) is 1.91. The number of benzene rings is 1. The topological polar surface area (TPSA) is 63.1 Å². The maximum Gasteiger partial charge on any atom is 0.354 e. The summed E-state index contributed by atoms with van der Waals surface area (Å²) in [7, 11) is 0. The average Bonchev–Trinajstić information content (AvgIpc) is 2.33. The zero-order valence-corrected chi connectivity index (χ0v) is 11.3. The summed E-state index contributed by atoms with van der Waals surface area (Å²) in [6.45, 7) is 5.89. The Morgan fingerprint density at radius 3 is 2.47 bits per heavy atom. The van der Waals surface area contributed by atoms with Crippen LogP contribution >= 0.6 is 0 Å². The molecule has 0 aliphatic rings. The quantitative estimate of drug-likeness (QED) is 0.917. The van der Waals surface area contributed by atoms with E-state index in [1.807, 2.05) is 6.07 Å². The average molecular weight is 256 g/mol. The highest BCUT2D eigenvalue weighted by atomic mass is 16.4. The van der Waals surface area contributed by atoms with E-state index in [1.165, 1.54) is 17.2 Å². The van der Waals surface area contributed by atoms with Gasteiger partial charge in [0.2, 0.25) is 0 Å². The lowest BCUT2D eigenvalue weighted by Gasteiger charge is -2.06. The number of nitrogens with zero attached hydrogens (tertiary/aromatic N) is 2. The summed E-state index contributed by atoms with van der Waals surface area (Å²) in [6, 6.07) is 7.64. The van der Waals surface area contributed by atoms with E-state index >= 15 is 0 Å². The third-order valence-electron chi connectivity index (χ3n) is 3.05. The molecular formula is C15H16N2O2. The van der Waals surface area contributed by atoms with Gasteiger partial charge in [-0.15, -0.1) is 0 Å². The third-order valence-corrected chi connectivity index (χ3v) is 3.05. The molecule has 0 amide bonds. The van der Waals surface area contributed by atoms with Crippen molar-refractivity contribution in [2.75, 3.05) is 0 Å². The predicted octanol–water partition coefficient (Wildman–Crippen LogP) is 2.69. The van der Waals surface area contributed by atoms with Gasteiger partial charge in [-0.2, -0.15) is 0 Å². The number of hydrogen-bond acceptors (Lipinski definition) is 3. The monoisotopic (exact) mass is 256 g/mol. The van der Waals surface area contributed by atoms with Crippen LogP contribution < -0.4 is 0 Å². The van der Waals surface area contributed by atoms with Gasteiger partial charge in [0.25, 0.3) is 0 Å². The van der Waals surface area contributed by atoms with Gasteiger partial charge in [0.05, 0.1) is 0 Å². The fourth-order valence-corrected chi connectivity index (χ4v) is 1.91. The van der Waals surface area contributed by atoms with E-state index in [9.17, 15) is 4.79 Å². The molecule has 0 saturated carbocycles. The van der Waals surface area contributed by atoms with Crippen molar-refractivity contribution in [3.05, 3.63) is 58.2 Å². The molecule has 0 aliphatic heterocycles. The predicted molar refractivity (Wildman–Crippen MR) is 72.5 cm³/mol. The molecule has 98 valence electrons. The van der Waals surface area contributed by atoms with Crippen LogP contribution in [0.2, 0.25) is 0 Å². The van der Waals surface area contributed by atoms with Crippen molar-refractivity contribution in [1.82, 2.24) is 9.97 Å². The largest absolute Gasteiger partial charge is 0.477 e. The Bertz CT molecular complexity index is 636. The SMILES string of the molecule is Cc1cc(C(=O)O)nc(Cc2ccc(C)c(C)c2)n1. The van der Waals surface area contributed by atoms with Crippen LogP contribution in [0.3, 0.4) is 0 Å². The number of carboxylic acids is 1. The molecule has 0 aliphatic carbocycles. The summed E-state index contributed by atoms with van der Waals surface area (Å²) in [5.74, 6) is -0.479. The van der Waals surface area contributed by atoms with Crippen molar-refractivity contribution >= 4 is 5.97 Å². The first-order valence-electron chi connectivity index (χ1n) is 6.09. The van der Waals surface area contributed by atoms with Gasteiger partial charge in [-0.1, -0.05) is 18.2 Å². The molecule has 1 aromatic carbocycles. The van der Waals surface area contributed by atoms with E-state index in [1.54, 1.807) is 6.92 Å². The summed E-state index contributed by atoms with van der Waals surface area (Å²) >= 11 is 0. The van der Waals surface area contributed by atoms with Crippen LogP contribution in [0.5, 0.6) is 0 Å². The zero-order valence-electron chi connectivity index (χ0n) is 11.3. The van der Waals surface area contributed by atoms with Gasteiger partial charge >= 0.3 is 5.97 Å². The van der Waals surface area contributed by atoms with Crippen LogP contribution in [-0.4, -0.2) is 21.0 Å². The minimum absolute atomic E-state index is 0.0475. The van der Waals surface area contributed by atoms with Gasteiger partial charge in [-0.05, 0) is 43.5 Å². The zero-order chi connectivity index (χ0) is 14.0. The van der Waals surface area contributed by atoms with E-state index in [4.69, 9.17) is 5.11 Å². The van der Waals surface area contributed by atoms with Gasteiger partial charge < -0.3 is 5.11 Å². The van der Waals surface area contributed by atoms with Crippen LogP contribution in [0.15, 0.2) is 24.3 Å². The summed E-state index contributed by atoms with van der Waals surface area (Å²) in [5.41, 5.74) is 4.26. The molecule has 4 nitrogen and oxygen atoms in total. The summed E-state index contributed by atoms with van der Waals surface area (Å²) < 4.78 is 0. The van der Waals surface area contributed by atoms with E-state index in [0.29, 0.717) is 17.9 Å². The molecule has 4 heteroatoms. The number of hydrogen-bond donors (Lipinski definition) is 1. The van der Waals surface area contributed by atoms with Gasteiger partial charge in [-0.3, -0.25) is 0 Å². The molecule has 19 heavy (non-hydrogen) atoms. The van der Waals surface area contributed by atoms with E-state index < -0.39 is 5.97 Å². The van der Waals surface area contributed by atoms with Crippen LogP contribution in [0.25, 0.3) is 0 Å². The van der Waals surface area contributed by atoms with Crippen molar-refractivity contribution in [3.8, 4) is 0 Å². The Morgan fingerprint density at radius 2 is 1.84 bits per heavy atom. The minimum atomic E-state index is -1.02. The molecule has 0 spiro atoms. The number of aryl methyl sites for hydroxylation is 3. The molecule has 1 N–H and O–H groups in total.